The molecule has 294 valence electrons. The third kappa shape index (κ3) is 12.0. The predicted octanol–water partition coefficient (Wildman–Crippen LogP) is 4.09. The summed E-state index contributed by atoms with van der Waals surface area (Å²) in [5, 5.41) is 4.03. The fourth-order valence-electron chi connectivity index (χ4n) is 5.63. The summed E-state index contributed by atoms with van der Waals surface area (Å²) in [6, 6.07) is 13.8. The second kappa shape index (κ2) is 20.0. The molecule has 3 aromatic carbocycles. The average molecular weight is 765 g/mol. The summed E-state index contributed by atoms with van der Waals surface area (Å²) < 4.78 is 81.4. The van der Waals surface area contributed by atoms with E-state index in [1.165, 1.54) is 18.3 Å². The van der Waals surface area contributed by atoms with Crippen LogP contribution in [0.5, 0.6) is 34.5 Å². The minimum Gasteiger partial charge on any atom is -0.493 e. The van der Waals surface area contributed by atoms with Gasteiger partial charge in [0.2, 0.25) is 12.5 Å². The van der Waals surface area contributed by atoms with Crippen LogP contribution in [0.15, 0.2) is 66.5 Å². The molecule has 0 aromatic heterocycles. The summed E-state index contributed by atoms with van der Waals surface area (Å²) in [5.41, 5.74) is 8.13. The standard InChI is InChI=1S/C24H25F3N4O6.C9H12O3.C3H6O2/c25-24(26,27)37-17-5-1-14(2-6-17)9-31(29)10-19(28)23(33)30-22-16(11-34-12-32)4-3-15-7-20-21(8-18(15)22)36-13-35-20;1-10-7-5-4-6-8(11-2)9(7)12-3;1-2-5-3-4-1/h1-2,5-8,10,12,16,22H,3-4,9,11,13,28-29H2,(H,30,33);4-6H,1-3H3;1-3H2/b19-10-;;. The van der Waals surface area contributed by atoms with Crippen LogP contribution in [0.1, 0.15) is 29.2 Å². The molecule has 1 saturated heterocycles. The molecule has 0 radical (unpaired) electrons. The number of carbonyl (C=O) groups excluding carboxylic acids is 2. The Hall–Kier alpha value is -5.59. The Morgan fingerprint density at radius 1 is 0.963 bits per heavy atom. The first kappa shape index (κ1) is 41.2. The maximum Gasteiger partial charge on any atom is 0.573 e. The largest absolute Gasteiger partial charge is 0.573 e. The third-order valence-corrected chi connectivity index (χ3v) is 8.10. The SMILES string of the molecule is C1COCO1.COc1cccc(OC)c1OC.N/C(=C\N(N)Cc1ccc(OC(F)(F)F)cc1)C(=O)NC1c2cc3c(cc2CCC1COC=O)OCO3. The van der Waals surface area contributed by atoms with Crippen LogP contribution < -0.4 is 45.3 Å². The van der Waals surface area contributed by atoms with Crippen LogP contribution in [-0.2, 0) is 36.8 Å². The maximum atomic E-state index is 13.0. The zero-order chi connectivity index (χ0) is 39.1. The van der Waals surface area contributed by atoms with E-state index < -0.39 is 18.3 Å². The maximum absolute atomic E-state index is 13.0. The number of nitrogens with one attached hydrogen (secondary N) is 1. The first-order valence-electron chi connectivity index (χ1n) is 16.5. The van der Waals surface area contributed by atoms with Gasteiger partial charge in [-0.25, -0.2) is 5.84 Å². The molecule has 1 amide bonds. The van der Waals surface area contributed by atoms with Crippen molar-refractivity contribution in [1.29, 1.82) is 0 Å². The summed E-state index contributed by atoms with van der Waals surface area (Å²) >= 11 is 0. The lowest BCUT2D eigenvalue weighted by molar-refractivity contribution is -0.274. The predicted molar refractivity (Wildman–Crippen MR) is 185 cm³/mol. The van der Waals surface area contributed by atoms with E-state index in [1.54, 1.807) is 27.4 Å². The van der Waals surface area contributed by atoms with Gasteiger partial charge < -0.3 is 58.7 Å². The van der Waals surface area contributed by atoms with E-state index in [-0.39, 0.29) is 37.3 Å². The molecule has 2 aliphatic heterocycles. The van der Waals surface area contributed by atoms with Gasteiger partial charge in [-0.05, 0) is 65.9 Å². The molecule has 54 heavy (non-hydrogen) atoms. The van der Waals surface area contributed by atoms with E-state index in [9.17, 15) is 22.8 Å². The third-order valence-electron chi connectivity index (χ3n) is 8.10. The van der Waals surface area contributed by atoms with E-state index in [1.807, 2.05) is 24.3 Å². The molecule has 3 aromatic rings. The van der Waals surface area contributed by atoms with Gasteiger partial charge in [0.1, 0.15) is 18.2 Å². The van der Waals surface area contributed by atoms with E-state index in [2.05, 4.69) is 10.1 Å². The van der Waals surface area contributed by atoms with Gasteiger partial charge in [-0.15, -0.1) is 13.2 Å². The van der Waals surface area contributed by atoms with Crippen LogP contribution in [0.4, 0.5) is 13.2 Å². The van der Waals surface area contributed by atoms with Crippen molar-refractivity contribution in [1.82, 2.24) is 10.3 Å². The topological polar surface area (TPSA) is 185 Å². The van der Waals surface area contributed by atoms with Crippen molar-refractivity contribution in [3.63, 3.8) is 0 Å². The summed E-state index contributed by atoms with van der Waals surface area (Å²) in [5.74, 6) is 7.94. The minimum absolute atomic E-state index is 0.0613. The van der Waals surface area contributed by atoms with Crippen LogP contribution in [0.25, 0.3) is 0 Å². The van der Waals surface area contributed by atoms with Gasteiger partial charge in [0.05, 0.1) is 53.7 Å². The Labute approximate surface area is 309 Å². The highest BCUT2D eigenvalue weighted by Gasteiger charge is 2.34. The van der Waals surface area contributed by atoms with Crippen molar-refractivity contribution in [2.24, 2.45) is 17.5 Å². The number of nitrogens with zero attached hydrogens (tertiary/aromatic N) is 1. The lowest BCUT2D eigenvalue weighted by atomic mass is 9.79. The molecule has 6 rings (SSSR count). The molecule has 0 spiro atoms. The molecule has 5 N–H and O–H groups in total. The molecule has 15 nitrogen and oxygen atoms in total. The Morgan fingerprint density at radius 2 is 1.61 bits per heavy atom. The van der Waals surface area contributed by atoms with Crippen LogP contribution in [0, 0.1) is 5.92 Å². The number of aryl methyl sites for hydroxylation is 1. The highest BCUT2D eigenvalue weighted by Crippen LogP contribution is 2.43. The molecule has 2 heterocycles. The smallest absolute Gasteiger partial charge is 0.493 e. The molecule has 0 saturated carbocycles. The highest BCUT2D eigenvalue weighted by molar-refractivity contribution is 5.92. The second-order valence-corrected chi connectivity index (χ2v) is 11.7. The molecule has 2 atom stereocenters. The first-order chi connectivity index (χ1) is 26.0. The Balaban J connectivity index is 0.000000312. The second-order valence-electron chi connectivity index (χ2n) is 11.7. The van der Waals surface area contributed by atoms with Crippen molar-refractivity contribution in [3.05, 3.63) is 83.2 Å². The number of halogens is 3. The molecular formula is C36H43F3N4O11. The van der Waals surface area contributed by atoms with Crippen molar-refractivity contribution in [2.75, 3.05) is 54.7 Å². The summed E-state index contributed by atoms with van der Waals surface area (Å²) in [4.78, 5) is 23.7. The molecule has 3 aliphatic rings. The highest BCUT2D eigenvalue weighted by atomic mass is 19.4. The molecule has 2 unspecified atom stereocenters. The van der Waals surface area contributed by atoms with Crippen molar-refractivity contribution in [2.45, 2.75) is 31.8 Å². The van der Waals surface area contributed by atoms with Crippen LogP contribution in [0.3, 0.4) is 0 Å². The molecular weight excluding hydrogens is 721 g/mol. The summed E-state index contributed by atoms with van der Waals surface area (Å²) in [7, 11) is 4.77. The Bertz CT molecular complexity index is 1680. The number of carbonyl (C=O) groups is 2. The zero-order valence-corrected chi connectivity index (χ0v) is 29.9. The number of ether oxygens (including phenoxy) is 9. The van der Waals surface area contributed by atoms with E-state index >= 15 is 0 Å². The Morgan fingerprint density at radius 3 is 2.17 bits per heavy atom. The number of alkyl halides is 3. The number of hydrazine groups is 1. The van der Waals surface area contributed by atoms with Gasteiger partial charge in [-0.3, -0.25) is 9.59 Å². The van der Waals surface area contributed by atoms with E-state index in [4.69, 9.17) is 49.5 Å². The van der Waals surface area contributed by atoms with Crippen LogP contribution in [0.2, 0.25) is 0 Å². The fourth-order valence-corrected chi connectivity index (χ4v) is 5.63. The van der Waals surface area contributed by atoms with Gasteiger partial charge in [0, 0.05) is 12.1 Å². The van der Waals surface area contributed by atoms with E-state index in [0.29, 0.717) is 60.4 Å². The van der Waals surface area contributed by atoms with Crippen molar-refractivity contribution >= 4 is 12.4 Å². The van der Waals surface area contributed by atoms with Gasteiger partial charge in [-0.1, -0.05) is 18.2 Å². The number of hydrogen-bond donors (Lipinski definition) is 3. The normalized spacial score (nSPS) is 17.0. The van der Waals surface area contributed by atoms with Crippen molar-refractivity contribution < 1.29 is 65.4 Å². The quantitative estimate of drug-likeness (QED) is 0.104. The molecule has 1 fully saturated rings. The zero-order valence-electron chi connectivity index (χ0n) is 29.9. The first-order valence-corrected chi connectivity index (χ1v) is 16.5. The van der Waals surface area contributed by atoms with E-state index in [0.717, 1.165) is 41.5 Å². The number of rotatable bonds is 12. The average Bonchev–Trinajstić information content (AvgIpc) is 3.89. The van der Waals surface area contributed by atoms with Crippen LogP contribution in [-0.4, -0.2) is 78.5 Å². The summed E-state index contributed by atoms with van der Waals surface area (Å²) in [6.45, 7) is 2.68. The Kier molecular flexibility index (Phi) is 15.3. The summed E-state index contributed by atoms with van der Waals surface area (Å²) in [6.07, 6.45) is -2.23. The lowest BCUT2D eigenvalue weighted by Gasteiger charge is -2.34. The number of benzene rings is 3. The fraction of sp³-hybridized carbons (Fsp3) is 0.389. The monoisotopic (exact) mass is 764 g/mol. The van der Waals surface area contributed by atoms with Crippen LogP contribution >= 0.6 is 0 Å². The van der Waals surface area contributed by atoms with Gasteiger partial charge in [0.25, 0.3) is 12.4 Å². The number of fused-ring (bicyclic) bond motifs is 2. The van der Waals surface area contributed by atoms with Gasteiger partial charge >= 0.3 is 6.36 Å². The molecule has 1 aliphatic carbocycles. The number of amides is 1. The van der Waals surface area contributed by atoms with Gasteiger partial charge in [-0.2, -0.15) is 0 Å². The van der Waals surface area contributed by atoms with Crippen molar-refractivity contribution in [3.8, 4) is 34.5 Å². The number of methoxy groups -OCH3 is 3. The number of nitrogens with two attached hydrogens (primary N) is 2. The van der Waals surface area contributed by atoms with Gasteiger partial charge in [0.15, 0.2) is 23.0 Å². The lowest BCUT2D eigenvalue weighted by Crippen LogP contribution is -2.40. The number of para-hydroxylation sites is 1. The number of hydrogen-bond acceptors (Lipinski definition) is 14. The molecule has 18 heteroatoms. The molecule has 0 bridgehead atoms. The minimum atomic E-state index is -4.79.